The molecule has 1 unspecified atom stereocenters. The summed E-state index contributed by atoms with van der Waals surface area (Å²) >= 11 is 0. The Bertz CT molecular complexity index is 567. The van der Waals surface area contributed by atoms with Crippen LogP contribution in [0.4, 0.5) is 0 Å². The summed E-state index contributed by atoms with van der Waals surface area (Å²) in [6.07, 6.45) is 0. The lowest BCUT2D eigenvalue weighted by molar-refractivity contribution is 0.0763. The van der Waals surface area contributed by atoms with E-state index in [1.807, 2.05) is 12.1 Å². The fourth-order valence-corrected chi connectivity index (χ4v) is 2.93. The van der Waals surface area contributed by atoms with Gasteiger partial charge in [-0.15, -0.1) is 0 Å². The van der Waals surface area contributed by atoms with E-state index in [9.17, 15) is 0 Å². The number of hydrogen-bond donors (Lipinski definition) is 1. The van der Waals surface area contributed by atoms with E-state index < -0.39 is 0 Å². The number of benzene rings is 1. The highest BCUT2D eigenvalue weighted by molar-refractivity contribution is 5.20. The van der Waals surface area contributed by atoms with Crippen LogP contribution in [0.2, 0.25) is 0 Å². The average molecular weight is 286 g/mol. The maximum absolute atomic E-state index is 9.11. The molecule has 3 rings (SSSR count). The van der Waals surface area contributed by atoms with Gasteiger partial charge in [0.05, 0.1) is 6.54 Å². The van der Waals surface area contributed by atoms with Crippen LogP contribution < -0.4 is 0 Å². The number of likely N-dealkylation sites (N-methyl/N-ethyl adjacent to an activating group) is 1. The average Bonchev–Trinajstić information content (AvgIpc) is 2.98. The fraction of sp³-hybridized carbons (Fsp3) is 0.412. The highest BCUT2D eigenvalue weighted by Gasteiger charge is 2.27. The van der Waals surface area contributed by atoms with Crippen molar-refractivity contribution in [3.63, 3.8) is 0 Å². The third kappa shape index (κ3) is 3.35. The zero-order valence-electron chi connectivity index (χ0n) is 12.4. The summed E-state index contributed by atoms with van der Waals surface area (Å²) in [6, 6.07) is 14.8. The van der Waals surface area contributed by atoms with Gasteiger partial charge in [0.1, 0.15) is 18.1 Å². The van der Waals surface area contributed by atoms with Gasteiger partial charge in [-0.05, 0) is 24.7 Å². The number of aliphatic hydroxyl groups excluding tert-OH is 1. The van der Waals surface area contributed by atoms with Gasteiger partial charge in [-0.2, -0.15) is 0 Å². The molecule has 0 spiro atoms. The maximum atomic E-state index is 9.11. The van der Waals surface area contributed by atoms with Crippen molar-refractivity contribution in [1.29, 1.82) is 0 Å². The topological polar surface area (TPSA) is 39.9 Å². The quantitative estimate of drug-likeness (QED) is 0.936. The molecule has 0 radical (unpaired) electrons. The van der Waals surface area contributed by atoms with E-state index in [0.29, 0.717) is 11.8 Å². The molecular formula is C17H22N2O2. The van der Waals surface area contributed by atoms with Crippen molar-refractivity contribution in [3.8, 4) is 0 Å². The summed E-state index contributed by atoms with van der Waals surface area (Å²) in [4.78, 5) is 4.82. The normalized spacial score (nSPS) is 20.8. The zero-order chi connectivity index (χ0) is 14.7. The van der Waals surface area contributed by atoms with Crippen LogP contribution in [0.3, 0.4) is 0 Å². The first kappa shape index (κ1) is 14.3. The minimum Gasteiger partial charge on any atom is -0.462 e. The summed E-state index contributed by atoms with van der Waals surface area (Å²) in [7, 11) is 2.17. The number of aliphatic hydroxyl groups is 1. The highest BCUT2D eigenvalue weighted by Crippen LogP contribution is 2.26. The van der Waals surface area contributed by atoms with Gasteiger partial charge in [-0.3, -0.25) is 4.90 Å². The first-order valence-corrected chi connectivity index (χ1v) is 7.42. The molecule has 1 atom stereocenters. The molecule has 1 aliphatic rings. The molecule has 1 aliphatic heterocycles. The van der Waals surface area contributed by atoms with Crippen molar-refractivity contribution >= 4 is 0 Å². The van der Waals surface area contributed by atoms with Crippen LogP contribution >= 0.6 is 0 Å². The van der Waals surface area contributed by atoms with Crippen molar-refractivity contribution in [3.05, 3.63) is 59.5 Å². The number of rotatable bonds is 4. The van der Waals surface area contributed by atoms with Crippen LogP contribution in [-0.4, -0.2) is 41.6 Å². The van der Waals surface area contributed by atoms with Crippen molar-refractivity contribution in [2.75, 3.05) is 26.7 Å². The lowest BCUT2D eigenvalue weighted by Gasteiger charge is -2.40. The molecule has 1 aromatic heterocycles. The van der Waals surface area contributed by atoms with Crippen LogP contribution in [0, 0.1) is 0 Å². The molecule has 21 heavy (non-hydrogen) atoms. The molecule has 0 amide bonds. The number of piperazine rings is 1. The molecule has 0 saturated carbocycles. The van der Waals surface area contributed by atoms with Gasteiger partial charge in [0.15, 0.2) is 0 Å². The van der Waals surface area contributed by atoms with Crippen LogP contribution in [0.1, 0.15) is 23.1 Å². The summed E-state index contributed by atoms with van der Waals surface area (Å²) in [6.45, 7) is 3.86. The Labute approximate surface area is 125 Å². The molecular weight excluding hydrogens is 264 g/mol. The molecule has 1 N–H and O–H groups in total. The van der Waals surface area contributed by atoms with Crippen LogP contribution in [0.5, 0.6) is 0 Å². The van der Waals surface area contributed by atoms with Gasteiger partial charge in [0.25, 0.3) is 0 Å². The smallest absolute Gasteiger partial charge is 0.129 e. The second kappa shape index (κ2) is 6.43. The molecule has 2 heterocycles. The Morgan fingerprint density at radius 3 is 2.57 bits per heavy atom. The van der Waals surface area contributed by atoms with Crippen LogP contribution in [0.15, 0.2) is 46.9 Å². The Morgan fingerprint density at radius 1 is 1.10 bits per heavy atom. The largest absolute Gasteiger partial charge is 0.462 e. The fourth-order valence-electron chi connectivity index (χ4n) is 2.93. The predicted molar refractivity (Wildman–Crippen MR) is 81.7 cm³/mol. The van der Waals surface area contributed by atoms with Crippen molar-refractivity contribution in [1.82, 2.24) is 9.80 Å². The van der Waals surface area contributed by atoms with Gasteiger partial charge < -0.3 is 14.4 Å². The van der Waals surface area contributed by atoms with Crippen LogP contribution in [-0.2, 0) is 13.2 Å². The lowest BCUT2D eigenvalue weighted by Crippen LogP contribution is -2.46. The summed E-state index contributed by atoms with van der Waals surface area (Å²) in [5.74, 6) is 1.56. The molecule has 1 saturated heterocycles. The third-order valence-corrected chi connectivity index (χ3v) is 4.11. The highest BCUT2D eigenvalue weighted by atomic mass is 16.4. The van der Waals surface area contributed by atoms with Gasteiger partial charge in [0.2, 0.25) is 0 Å². The Morgan fingerprint density at radius 2 is 1.86 bits per heavy atom. The first-order chi connectivity index (χ1) is 10.3. The van der Waals surface area contributed by atoms with E-state index in [-0.39, 0.29) is 6.61 Å². The van der Waals surface area contributed by atoms with Crippen molar-refractivity contribution < 1.29 is 9.52 Å². The lowest BCUT2D eigenvalue weighted by atomic mass is 10.0. The molecule has 0 aliphatic carbocycles. The van der Waals surface area contributed by atoms with Gasteiger partial charge in [0, 0.05) is 25.7 Å². The van der Waals surface area contributed by atoms with E-state index in [1.54, 1.807) is 0 Å². The minimum atomic E-state index is -0.0369. The monoisotopic (exact) mass is 286 g/mol. The zero-order valence-corrected chi connectivity index (χ0v) is 12.4. The number of furan rings is 1. The summed E-state index contributed by atoms with van der Waals surface area (Å²) in [5, 5.41) is 9.11. The van der Waals surface area contributed by atoms with E-state index in [1.165, 1.54) is 5.56 Å². The second-order valence-electron chi connectivity index (χ2n) is 5.69. The molecule has 1 fully saturated rings. The van der Waals surface area contributed by atoms with Gasteiger partial charge in [-0.1, -0.05) is 30.3 Å². The number of hydrogen-bond acceptors (Lipinski definition) is 4. The summed E-state index contributed by atoms with van der Waals surface area (Å²) in [5.41, 5.74) is 1.35. The van der Waals surface area contributed by atoms with E-state index in [0.717, 1.165) is 31.9 Å². The Balaban J connectivity index is 1.77. The molecule has 112 valence electrons. The maximum Gasteiger partial charge on any atom is 0.129 e. The molecule has 4 nitrogen and oxygen atoms in total. The minimum absolute atomic E-state index is 0.0369. The van der Waals surface area contributed by atoms with Crippen LogP contribution in [0.25, 0.3) is 0 Å². The van der Waals surface area contributed by atoms with E-state index in [4.69, 9.17) is 9.52 Å². The Kier molecular flexibility index (Phi) is 4.39. The summed E-state index contributed by atoms with van der Waals surface area (Å²) < 4.78 is 5.64. The predicted octanol–water partition coefficient (Wildman–Crippen LogP) is 2.26. The van der Waals surface area contributed by atoms with E-state index >= 15 is 0 Å². The van der Waals surface area contributed by atoms with E-state index in [2.05, 4.69) is 47.2 Å². The molecule has 2 aromatic rings. The van der Waals surface area contributed by atoms with Crippen molar-refractivity contribution in [2.45, 2.75) is 19.2 Å². The Hall–Kier alpha value is -1.62. The van der Waals surface area contributed by atoms with Crippen molar-refractivity contribution in [2.24, 2.45) is 0 Å². The first-order valence-electron chi connectivity index (χ1n) is 7.42. The molecule has 1 aromatic carbocycles. The third-order valence-electron chi connectivity index (χ3n) is 4.11. The SMILES string of the molecule is CN1CCN(Cc2ccc(CO)o2)C(c2ccccc2)C1. The molecule has 0 bridgehead atoms. The molecule has 4 heteroatoms. The van der Waals surface area contributed by atoms with Gasteiger partial charge >= 0.3 is 0 Å². The number of nitrogens with zero attached hydrogens (tertiary/aromatic N) is 2. The van der Waals surface area contributed by atoms with Gasteiger partial charge in [-0.25, -0.2) is 0 Å². The second-order valence-corrected chi connectivity index (χ2v) is 5.69. The standard InChI is InChI=1S/C17H22N2O2/c1-18-9-10-19(11-15-7-8-16(13-20)21-15)17(12-18)14-5-3-2-4-6-14/h2-8,17,20H,9-13H2,1H3.